The monoisotopic (exact) mass is 224 g/mol. The summed E-state index contributed by atoms with van der Waals surface area (Å²) in [6, 6.07) is 3.70. The normalized spacial score (nSPS) is 19.7. The second-order valence-corrected chi connectivity index (χ2v) is 4.15. The van der Waals surface area contributed by atoms with Crippen LogP contribution >= 0.6 is 11.6 Å². The number of hydrogen-bond donors (Lipinski definition) is 2. The second-order valence-electron chi connectivity index (χ2n) is 3.74. The number of carbonyl (C=O) groups is 1. The van der Waals surface area contributed by atoms with Crippen LogP contribution in [0.25, 0.3) is 0 Å². The van der Waals surface area contributed by atoms with Crippen molar-refractivity contribution in [1.29, 1.82) is 0 Å². The molecule has 0 bridgehead atoms. The summed E-state index contributed by atoms with van der Waals surface area (Å²) >= 11 is 6.00. The molecule has 80 valence electrons. The Morgan fingerprint density at radius 2 is 2.27 bits per heavy atom. The van der Waals surface area contributed by atoms with E-state index in [-0.39, 0.29) is 11.9 Å². The molecule has 2 rings (SSSR count). The van der Waals surface area contributed by atoms with Gasteiger partial charge in [0.2, 0.25) is 5.91 Å². The molecule has 1 aromatic carbocycles. The van der Waals surface area contributed by atoms with Gasteiger partial charge in [0.15, 0.2) is 0 Å². The molecule has 1 aliphatic rings. The summed E-state index contributed by atoms with van der Waals surface area (Å²) in [4.78, 5) is 11.6. The van der Waals surface area contributed by atoms with E-state index in [1.165, 1.54) is 0 Å². The Morgan fingerprint density at radius 1 is 1.53 bits per heavy atom. The van der Waals surface area contributed by atoms with E-state index in [1.807, 2.05) is 19.1 Å². The Kier molecular flexibility index (Phi) is 2.67. The number of hydrogen-bond acceptors (Lipinski definition) is 2. The van der Waals surface area contributed by atoms with Gasteiger partial charge in [0.05, 0.1) is 6.04 Å². The summed E-state index contributed by atoms with van der Waals surface area (Å²) in [6.07, 6.45) is 0.718. The van der Waals surface area contributed by atoms with E-state index in [1.54, 1.807) is 7.05 Å². The maximum Gasteiger partial charge on any atom is 0.241 e. The average Bonchev–Trinajstić information content (AvgIpc) is 2.24. The van der Waals surface area contributed by atoms with Gasteiger partial charge >= 0.3 is 0 Å². The van der Waals surface area contributed by atoms with Crippen LogP contribution in [0.1, 0.15) is 11.1 Å². The fourth-order valence-corrected chi connectivity index (χ4v) is 2.00. The van der Waals surface area contributed by atoms with Crippen LogP contribution in [-0.4, -0.2) is 19.0 Å². The van der Waals surface area contributed by atoms with Crippen molar-refractivity contribution in [3.8, 4) is 0 Å². The first kappa shape index (κ1) is 10.5. The molecule has 1 aliphatic heterocycles. The van der Waals surface area contributed by atoms with Crippen molar-refractivity contribution in [2.75, 3.05) is 12.4 Å². The Morgan fingerprint density at radius 3 is 2.93 bits per heavy atom. The van der Waals surface area contributed by atoms with Crippen molar-refractivity contribution in [1.82, 2.24) is 5.32 Å². The fraction of sp³-hybridized carbons (Fsp3) is 0.364. The van der Waals surface area contributed by atoms with Crippen LogP contribution in [0, 0.1) is 6.92 Å². The van der Waals surface area contributed by atoms with E-state index in [9.17, 15) is 4.79 Å². The van der Waals surface area contributed by atoms with Crippen LogP contribution in [0.2, 0.25) is 5.02 Å². The Bertz CT molecular complexity index is 417. The Balaban J connectivity index is 2.45. The minimum atomic E-state index is -0.141. The molecule has 0 aliphatic carbocycles. The van der Waals surface area contributed by atoms with Gasteiger partial charge in [0, 0.05) is 10.7 Å². The number of halogens is 1. The third kappa shape index (κ3) is 1.73. The van der Waals surface area contributed by atoms with E-state index in [4.69, 9.17) is 11.6 Å². The van der Waals surface area contributed by atoms with Gasteiger partial charge in [0.1, 0.15) is 0 Å². The Hall–Kier alpha value is -1.06. The molecule has 1 heterocycles. The zero-order chi connectivity index (χ0) is 11.0. The molecule has 0 saturated carbocycles. The second kappa shape index (κ2) is 3.83. The first-order chi connectivity index (χ1) is 7.13. The quantitative estimate of drug-likeness (QED) is 0.763. The summed E-state index contributed by atoms with van der Waals surface area (Å²) in [7, 11) is 1.79. The topological polar surface area (TPSA) is 41.1 Å². The largest absolute Gasteiger partial charge is 0.324 e. The summed E-state index contributed by atoms with van der Waals surface area (Å²) in [5.74, 6) is 0.00960. The predicted molar refractivity (Wildman–Crippen MR) is 61.4 cm³/mol. The molecule has 0 radical (unpaired) electrons. The highest BCUT2D eigenvalue weighted by atomic mass is 35.5. The van der Waals surface area contributed by atoms with Crippen LogP contribution in [0.3, 0.4) is 0 Å². The number of carbonyl (C=O) groups excluding carboxylic acids is 1. The number of rotatable bonds is 1. The number of likely N-dealkylation sites (N-methyl/N-ethyl adjacent to an activating group) is 1. The lowest BCUT2D eigenvalue weighted by Gasteiger charge is -2.25. The van der Waals surface area contributed by atoms with Crippen LogP contribution < -0.4 is 10.6 Å². The number of nitrogens with one attached hydrogen (secondary N) is 2. The van der Waals surface area contributed by atoms with E-state index >= 15 is 0 Å². The summed E-state index contributed by atoms with van der Waals surface area (Å²) in [5, 5.41) is 6.56. The van der Waals surface area contributed by atoms with Gasteiger partial charge in [-0.25, -0.2) is 0 Å². The zero-order valence-electron chi connectivity index (χ0n) is 8.73. The third-order valence-electron chi connectivity index (χ3n) is 2.82. The van der Waals surface area contributed by atoms with Gasteiger partial charge < -0.3 is 10.6 Å². The van der Waals surface area contributed by atoms with Crippen molar-refractivity contribution in [3.05, 3.63) is 28.3 Å². The smallest absolute Gasteiger partial charge is 0.241 e. The van der Waals surface area contributed by atoms with Gasteiger partial charge in [0.25, 0.3) is 0 Å². The zero-order valence-corrected chi connectivity index (χ0v) is 9.48. The molecular weight excluding hydrogens is 212 g/mol. The van der Waals surface area contributed by atoms with Crippen molar-refractivity contribution in [2.45, 2.75) is 19.4 Å². The van der Waals surface area contributed by atoms with Gasteiger partial charge in [-0.2, -0.15) is 0 Å². The van der Waals surface area contributed by atoms with Crippen molar-refractivity contribution in [2.24, 2.45) is 0 Å². The molecule has 1 unspecified atom stereocenters. The maximum absolute atomic E-state index is 11.6. The number of fused-ring (bicyclic) bond motifs is 1. The van der Waals surface area contributed by atoms with Gasteiger partial charge in [-0.15, -0.1) is 0 Å². The SMILES string of the molecule is CNC1Cc2ccc(Cl)c(C)c2NC1=O. The van der Waals surface area contributed by atoms with Crippen LogP contribution in [0.4, 0.5) is 5.69 Å². The summed E-state index contributed by atoms with van der Waals surface area (Å²) < 4.78 is 0. The lowest BCUT2D eigenvalue weighted by atomic mass is 9.96. The molecule has 0 spiro atoms. The molecule has 0 saturated heterocycles. The first-order valence-electron chi connectivity index (χ1n) is 4.89. The van der Waals surface area contributed by atoms with Crippen molar-refractivity contribution in [3.63, 3.8) is 0 Å². The third-order valence-corrected chi connectivity index (χ3v) is 3.23. The lowest BCUT2D eigenvalue weighted by molar-refractivity contribution is -0.118. The van der Waals surface area contributed by atoms with Crippen molar-refractivity contribution < 1.29 is 4.79 Å². The molecule has 3 nitrogen and oxygen atoms in total. The average molecular weight is 225 g/mol. The number of benzene rings is 1. The van der Waals surface area contributed by atoms with Crippen molar-refractivity contribution >= 4 is 23.2 Å². The predicted octanol–water partition coefficient (Wildman–Crippen LogP) is 1.73. The molecule has 4 heteroatoms. The molecule has 2 N–H and O–H groups in total. The first-order valence-corrected chi connectivity index (χ1v) is 5.27. The van der Waals surface area contributed by atoms with E-state index < -0.39 is 0 Å². The minimum absolute atomic E-state index is 0.00960. The summed E-state index contributed by atoms with van der Waals surface area (Å²) in [5.41, 5.74) is 2.95. The standard InChI is InChI=1S/C11H13ClN2O/c1-6-8(12)4-3-7-5-9(13-2)11(15)14-10(6)7/h3-4,9,13H,5H2,1-2H3,(H,14,15). The maximum atomic E-state index is 11.6. The van der Waals surface area contributed by atoms with E-state index in [2.05, 4.69) is 10.6 Å². The van der Waals surface area contributed by atoms with Gasteiger partial charge in [-0.05, 0) is 37.6 Å². The highest BCUT2D eigenvalue weighted by Crippen LogP contribution is 2.30. The fourth-order valence-electron chi connectivity index (χ4n) is 1.84. The number of anilines is 1. The van der Waals surface area contributed by atoms with E-state index in [0.717, 1.165) is 23.2 Å². The van der Waals surface area contributed by atoms with Crippen LogP contribution in [0.5, 0.6) is 0 Å². The lowest BCUT2D eigenvalue weighted by Crippen LogP contribution is -2.43. The van der Waals surface area contributed by atoms with Gasteiger partial charge in [-0.1, -0.05) is 17.7 Å². The molecular formula is C11H13ClN2O. The molecule has 0 aromatic heterocycles. The molecule has 1 atom stereocenters. The highest BCUT2D eigenvalue weighted by molar-refractivity contribution is 6.32. The van der Waals surface area contributed by atoms with Crippen LogP contribution in [-0.2, 0) is 11.2 Å². The van der Waals surface area contributed by atoms with E-state index in [0.29, 0.717) is 5.02 Å². The molecule has 0 fully saturated rings. The molecule has 1 amide bonds. The minimum Gasteiger partial charge on any atom is -0.324 e. The highest BCUT2D eigenvalue weighted by Gasteiger charge is 2.25. The van der Waals surface area contributed by atoms with Crippen LogP contribution in [0.15, 0.2) is 12.1 Å². The van der Waals surface area contributed by atoms with Gasteiger partial charge in [-0.3, -0.25) is 4.79 Å². The summed E-state index contributed by atoms with van der Waals surface area (Å²) in [6.45, 7) is 1.92. The Labute approximate surface area is 93.8 Å². The number of amides is 1. The molecule has 1 aromatic rings. The molecule has 15 heavy (non-hydrogen) atoms.